The summed E-state index contributed by atoms with van der Waals surface area (Å²) in [6.07, 6.45) is 10.4. The topological polar surface area (TPSA) is 81.2 Å². The van der Waals surface area contributed by atoms with E-state index in [2.05, 4.69) is 12.2 Å². The van der Waals surface area contributed by atoms with Gasteiger partial charge in [-0.1, -0.05) is 54.6 Å². The standard InChI is InChI=1S/C30H39N3O4S/c1-29(2,3)33-18-11-15-30-24(27(36)32(25(30)28(33)37)17-8-5-9-19-34)23-22(38-30)14-10-16-31(26(23)35)20-21-12-6-4-7-13-21/h4,6-7,10-15,22-25,34H,5,8-9,16-20H2,1-3H3/t22-,23+,24-,25?,30-/m0/s1. The molecule has 1 aromatic carbocycles. The van der Waals surface area contributed by atoms with Crippen molar-refractivity contribution in [2.45, 2.75) is 68.2 Å². The van der Waals surface area contributed by atoms with Gasteiger partial charge in [0, 0.05) is 43.6 Å². The number of carbonyl (C=O) groups is 3. The van der Waals surface area contributed by atoms with Crippen molar-refractivity contribution in [3.63, 3.8) is 0 Å². The van der Waals surface area contributed by atoms with Crippen molar-refractivity contribution in [2.75, 3.05) is 26.2 Å². The molecule has 4 aliphatic heterocycles. The number of aliphatic hydroxyl groups excluding tert-OH is 1. The largest absolute Gasteiger partial charge is 0.396 e. The number of likely N-dealkylation sites (tertiary alicyclic amines) is 1. The zero-order chi connectivity index (χ0) is 27.1. The number of rotatable bonds is 7. The second-order valence-electron chi connectivity index (χ2n) is 11.8. The quantitative estimate of drug-likeness (QED) is 0.427. The van der Waals surface area contributed by atoms with Gasteiger partial charge in [-0.05, 0) is 45.6 Å². The number of aliphatic hydroxyl groups is 1. The maximum absolute atomic E-state index is 14.3. The molecule has 0 aliphatic carbocycles. The monoisotopic (exact) mass is 537 g/mol. The van der Waals surface area contributed by atoms with Gasteiger partial charge < -0.3 is 19.8 Å². The molecule has 0 saturated carbocycles. The summed E-state index contributed by atoms with van der Waals surface area (Å²) in [5, 5.41) is 9.09. The van der Waals surface area contributed by atoms with E-state index in [0.29, 0.717) is 39.0 Å². The lowest BCUT2D eigenvalue weighted by Gasteiger charge is -2.40. The number of benzene rings is 1. The van der Waals surface area contributed by atoms with E-state index in [1.54, 1.807) is 16.7 Å². The van der Waals surface area contributed by atoms with E-state index in [9.17, 15) is 19.5 Å². The van der Waals surface area contributed by atoms with Crippen LogP contribution in [-0.2, 0) is 20.9 Å². The molecular formula is C30H39N3O4S. The fourth-order valence-corrected chi connectivity index (χ4v) is 8.56. The van der Waals surface area contributed by atoms with E-state index in [1.807, 2.05) is 73.1 Å². The highest BCUT2D eigenvalue weighted by molar-refractivity contribution is 8.02. The minimum absolute atomic E-state index is 0.00904. The normalized spacial score (nSPS) is 30.8. The summed E-state index contributed by atoms with van der Waals surface area (Å²) in [6.45, 7) is 8.13. The molecule has 1 spiro atoms. The van der Waals surface area contributed by atoms with Crippen LogP contribution >= 0.6 is 11.8 Å². The maximum Gasteiger partial charge on any atom is 0.247 e. The Hall–Kier alpha value is -2.58. The Morgan fingerprint density at radius 1 is 0.974 bits per heavy atom. The predicted octanol–water partition coefficient (Wildman–Crippen LogP) is 3.24. The number of nitrogens with zero attached hydrogens (tertiary/aromatic N) is 3. The number of amides is 3. The Kier molecular flexibility index (Phi) is 7.48. The molecule has 38 heavy (non-hydrogen) atoms. The molecule has 2 saturated heterocycles. The van der Waals surface area contributed by atoms with Crippen LogP contribution in [0.15, 0.2) is 54.6 Å². The van der Waals surface area contributed by atoms with E-state index in [4.69, 9.17) is 0 Å². The Morgan fingerprint density at radius 2 is 1.74 bits per heavy atom. The lowest BCUT2D eigenvalue weighted by molar-refractivity contribution is -0.146. The van der Waals surface area contributed by atoms with Gasteiger partial charge in [-0.2, -0.15) is 0 Å². The maximum atomic E-state index is 14.3. The number of unbranched alkanes of at least 4 members (excludes halogenated alkanes) is 2. The van der Waals surface area contributed by atoms with Crippen molar-refractivity contribution in [1.29, 1.82) is 0 Å². The van der Waals surface area contributed by atoms with Crippen molar-refractivity contribution in [3.05, 3.63) is 60.2 Å². The van der Waals surface area contributed by atoms with Gasteiger partial charge in [-0.15, -0.1) is 11.8 Å². The minimum Gasteiger partial charge on any atom is -0.396 e. The summed E-state index contributed by atoms with van der Waals surface area (Å²) in [4.78, 5) is 48.1. The first kappa shape index (κ1) is 27.0. The third-order valence-electron chi connectivity index (χ3n) is 8.33. The summed E-state index contributed by atoms with van der Waals surface area (Å²) in [5.74, 6) is -1.24. The number of carbonyl (C=O) groups excluding carboxylic acids is 3. The summed E-state index contributed by atoms with van der Waals surface area (Å²) in [7, 11) is 0. The molecule has 204 valence electrons. The van der Waals surface area contributed by atoms with Crippen molar-refractivity contribution in [1.82, 2.24) is 14.7 Å². The number of hydrogen-bond acceptors (Lipinski definition) is 5. The van der Waals surface area contributed by atoms with Crippen molar-refractivity contribution in [3.8, 4) is 0 Å². The van der Waals surface area contributed by atoms with Crippen molar-refractivity contribution in [2.24, 2.45) is 11.8 Å². The zero-order valence-corrected chi connectivity index (χ0v) is 23.4. The van der Waals surface area contributed by atoms with Crippen LogP contribution in [-0.4, -0.2) is 85.3 Å². The predicted molar refractivity (Wildman–Crippen MR) is 149 cm³/mol. The molecule has 2 fully saturated rings. The van der Waals surface area contributed by atoms with Crippen LogP contribution in [0.4, 0.5) is 0 Å². The molecule has 7 nitrogen and oxygen atoms in total. The molecule has 1 unspecified atom stereocenters. The molecule has 0 aromatic heterocycles. The Bertz CT molecular complexity index is 1130. The molecular weight excluding hydrogens is 498 g/mol. The van der Waals surface area contributed by atoms with Crippen LogP contribution in [0.1, 0.15) is 45.6 Å². The van der Waals surface area contributed by atoms with Gasteiger partial charge >= 0.3 is 0 Å². The first-order chi connectivity index (χ1) is 18.2. The van der Waals surface area contributed by atoms with E-state index >= 15 is 0 Å². The van der Waals surface area contributed by atoms with Crippen molar-refractivity contribution >= 4 is 29.5 Å². The summed E-state index contributed by atoms with van der Waals surface area (Å²) < 4.78 is -0.782. The lowest BCUT2D eigenvalue weighted by atomic mass is 9.78. The summed E-state index contributed by atoms with van der Waals surface area (Å²) in [6, 6.07) is 9.29. The number of fused-ring (bicyclic) bond motifs is 2. The first-order valence-corrected chi connectivity index (χ1v) is 14.6. The number of thioether (sulfide) groups is 1. The molecule has 5 rings (SSSR count). The highest BCUT2D eigenvalue weighted by Gasteiger charge is 2.71. The van der Waals surface area contributed by atoms with Crippen LogP contribution in [0.25, 0.3) is 0 Å². The molecule has 3 amide bonds. The average Bonchev–Trinajstić information content (AvgIpc) is 3.18. The summed E-state index contributed by atoms with van der Waals surface area (Å²) >= 11 is 1.63. The highest BCUT2D eigenvalue weighted by atomic mass is 32.2. The van der Waals surface area contributed by atoms with Gasteiger partial charge in [0.15, 0.2) is 0 Å². The SMILES string of the molecule is CC(C)(C)N1CC=C[C@]23S[C@H]4C=CCN(Cc5ccccc5)C(=O)[C@H]4[C@H]2C(=O)N(CCCCCO)C3C1=O. The van der Waals surface area contributed by atoms with Crippen LogP contribution < -0.4 is 0 Å². The van der Waals surface area contributed by atoms with Crippen LogP contribution in [0, 0.1) is 11.8 Å². The minimum atomic E-state index is -0.782. The summed E-state index contributed by atoms with van der Waals surface area (Å²) in [5.41, 5.74) is 0.659. The van der Waals surface area contributed by atoms with Gasteiger partial charge in [0.2, 0.25) is 17.7 Å². The lowest BCUT2D eigenvalue weighted by Crippen LogP contribution is -2.57. The smallest absolute Gasteiger partial charge is 0.247 e. The van der Waals surface area contributed by atoms with Crippen LogP contribution in [0.2, 0.25) is 0 Å². The van der Waals surface area contributed by atoms with E-state index in [-0.39, 0.29) is 29.6 Å². The van der Waals surface area contributed by atoms with Gasteiger partial charge in [-0.3, -0.25) is 14.4 Å². The fraction of sp³-hybridized carbons (Fsp3) is 0.567. The Labute approximate surface area is 229 Å². The van der Waals surface area contributed by atoms with E-state index < -0.39 is 28.2 Å². The molecule has 0 bridgehead atoms. The third kappa shape index (κ3) is 4.60. The fourth-order valence-electron chi connectivity index (χ4n) is 6.55. The second kappa shape index (κ2) is 10.5. The second-order valence-corrected chi connectivity index (χ2v) is 13.3. The molecule has 4 heterocycles. The Balaban J connectivity index is 1.52. The molecule has 1 aromatic rings. The van der Waals surface area contributed by atoms with Crippen LogP contribution in [0.3, 0.4) is 0 Å². The van der Waals surface area contributed by atoms with Gasteiger partial charge in [-0.25, -0.2) is 0 Å². The van der Waals surface area contributed by atoms with E-state index in [1.165, 1.54) is 0 Å². The third-order valence-corrected chi connectivity index (χ3v) is 10.1. The molecule has 5 atom stereocenters. The van der Waals surface area contributed by atoms with Gasteiger partial charge in [0.25, 0.3) is 0 Å². The van der Waals surface area contributed by atoms with Crippen molar-refractivity contribution < 1.29 is 19.5 Å². The zero-order valence-electron chi connectivity index (χ0n) is 22.6. The van der Waals surface area contributed by atoms with Gasteiger partial charge in [0.1, 0.15) is 6.04 Å². The van der Waals surface area contributed by atoms with E-state index in [0.717, 1.165) is 12.0 Å². The first-order valence-electron chi connectivity index (χ1n) is 13.8. The highest BCUT2D eigenvalue weighted by Crippen LogP contribution is 2.61. The molecule has 0 radical (unpaired) electrons. The molecule has 1 N–H and O–H groups in total. The van der Waals surface area contributed by atoms with Gasteiger partial charge in [0.05, 0.1) is 16.6 Å². The van der Waals surface area contributed by atoms with Crippen LogP contribution in [0.5, 0.6) is 0 Å². The average molecular weight is 538 g/mol. The number of hydrogen-bond donors (Lipinski definition) is 1. The Morgan fingerprint density at radius 3 is 2.45 bits per heavy atom. The molecule has 8 heteroatoms. The molecule has 4 aliphatic rings.